The molecule has 0 bridgehead atoms. The lowest BCUT2D eigenvalue weighted by Gasteiger charge is -2.23. The lowest BCUT2D eigenvalue weighted by atomic mass is 9.95. The van der Waals surface area contributed by atoms with Crippen LogP contribution in [0.1, 0.15) is 61.1 Å². The van der Waals surface area contributed by atoms with Gasteiger partial charge in [-0.25, -0.2) is 0 Å². The zero-order valence-corrected chi connectivity index (χ0v) is 15.3. The first-order valence-electron chi connectivity index (χ1n) is 8.97. The van der Waals surface area contributed by atoms with Crippen molar-refractivity contribution >= 4 is 11.7 Å². The fraction of sp³-hybridized carbons (Fsp3) is 0.364. The van der Waals surface area contributed by atoms with Crippen molar-refractivity contribution in [1.29, 1.82) is 0 Å². The first-order valence-corrected chi connectivity index (χ1v) is 8.97. The molecule has 0 fully saturated rings. The van der Waals surface area contributed by atoms with Gasteiger partial charge in [0.25, 0.3) is 0 Å². The maximum atomic E-state index is 12.3. The van der Waals surface area contributed by atoms with Crippen molar-refractivity contribution in [2.45, 2.75) is 46.1 Å². The van der Waals surface area contributed by atoms with Gasteiger partial charge in [-0.3, -0.25) is 9.59 Å². The molecule has 0 heterocycles. The minimum absolute atomic E-state index is 0.0126. The van der Waals surface area contributed by atoms with E-state index >= 15 is 0 Å². The number of carbonyl (C=O) groups excluding carboxylic acids is 2. The van der Waals surface area contributed by atoms with E-state index in [0.29, 0.717) is 5.56 Å². The maximum Gasteiger partial charge on any atom is 0.220 e. The molecule has 0 aliphatic carbocycles. The summed E-state index contributed by atoms with van der Waals surface area (Å²) >= 11 is 0. The largest absolute Gasteiger partial charge is 0.349 e. The van der Waals surface area contributed by atoms with Gasteiger partial charge in [0.2, 0.25) is 5.91 Å². The molecule has 1 unspecified atom stereocenters. The van der Waals surface area contributed by atoms with E-state index in [4.69, 9.17) is 0 Å². The molecule has 2 aromatic carbocycles. The first-order chi connectivity index (χ1) is 12.0. The Labute approximate surface area is 150 Å². The Bertz CT molecular complexity index is 690. The lowest BCUT2D eigenvalue weighted by molar-refractivity contribution is -0.122. The van der Waals surface area contributed by atoms with Crippen molar-refractivity contribution in [2.75, 3.05) is 0 Å². The van der Waals surface area contributed by atoms with E-state index in [1.807, 2.05) is 54.6 Å². The predicted octanol–water partition coefficient (Wildman–Crippen LogP) is 4.73. The number of Topliss-reactive ketones (excluding diaryl/α,β-unsaturated/α-hetero) is 1. The predicted molar refractivity (Wildman–Crippen MR) is 102 cm³/mol. The van der Waals surface area contributed by atoms with Crippen LogP contribution >= 0.6 is 0 Å². The second kappa shape index (κ2) is 9.16. The number of hydrogen-bond donors (Lipinski definition) is 1. The van der Waals surface area contributed by atoms with Crippen LogP contribution in [-0.4, -0.2) is 11.7 Å². The summed E-state index contributed by atoms with van der Waals surface area (Å²) in [4.78, 5) is 24.6. The van der Waals surface area contributed by atoms with Crippen molar-refractivity contribution in [2.24, 2.45) is 5.92 Å². The van der Waals surface area contributed by atoms with Gasteiger partial charge in [-0.15, -0.1) is 0 Å². The third-order valence-electron chi connectivity index (χ3n) is 4.41. The molecule has 0 aromatic heterocycles. The summed E-state index contributed by atoms with van der Waals surface area (Å²) in [5.74, 6) is 0.211. The summed E-state index contributed by atoms with van der Waals surface area (Å²) < 4.78 is 0. The van der Waals surface area contributed by atoms with Crippen LogP contribution in [0.2, 0.25) is 0 Å². The highest BCUT2D eigenvalue weighted by molar-refractivity contribution is 5.98. The van der Waals surface area contributed by atoms with E-state index in [1.165, 1.54) is 5.56 Å². The summed E-state index contributed by atoms with van der Waals surface area (Å²) in [5.41, 5.74) is 2.97. The van der Waals surface area contributed by atoms with E-state index in [2.05, 4.69) is 26.1 Å². The van der Waals surface area contributed by atoms with Gasteiger partial charge >= 0.3 is 0 Å². The number of ketones is 1. The lowest BCUT2D eigenvalue weighted by Crippen LogP contribution is -2.31. The Hall–Kier alpha value is -2.42. The Morgan fingerprint density at radius 3 is 2.12 bits per heavy atom. The van der Waals surface area contributed by atoms with Crippen LogP contribution in [0.15, 0.2) is 54.6 Å². The van der Waals surface area contributed by atoms with Crippen molar-refractivity contribution < 1.29 is 9.59 Å². The Morgan fingerprint density at radius 2 is 1.56 bits per heavy atom. The van der Waals surface area contributed by atoms with Crippen molar-refractivity contribution in [3.63, 3.8) is 0 Å². The molecule has 0 aliphatic heterocycles. The molecular formula is C22H27NO2. The molecule has 25 heavy (non-hydrogen) atoms. The topological polar surface area (TPSA) is 46.2 Å². The molecule has 0 aliphatic rings. The number of carbonyl (C=O) groups is 2. The molecule has 0 spiro atoms. The zero-order valence-electron chi connectivity index (χ0n) is 15.3. The first kappa shape index (κ1) is 18.9. The number of hydrogen-bond acceptors (Lipinski definition) is 2. The van der Waals surface area contributed by atoms with Crippen LogP contribution in [-0.2, 0) is 11.2 Å². The summed E-state index contributed by atoms with van der Waals surface area (Å²) in [5, 5.41) is 3.07. The van der Waals surface area contributed by atoms with Crippen LogP contribution in [0.5, 0.6) is 0 Å². The molecular weight excluding hydrogens is 310 g/mol. The minimum atomic E-state index is -0.0823. The van der Waals surface area contributed by atoms with Crippen LogP contribution in [0, 0.1) is 5.92 Å². The Balaban J connectivity index is 1.91. The van der Waals surface area contributed by atoms with Crippen LogP contribution < -0.4 is 5.32 Å². The van der Waals surface area contributed by atoms with Crippen molar-refractivity contribution in [1.82, 2.24) is 5.32 Å². The average Bonchev–Trinajstić information content (AvgIpc) is 2.64. The van der Waals surface area contributed by atoms with Crippen LogP contribution in [0.4, 0.5) is 0 Å². The average molecular weight is 337 g/mol. The van der Waals surface area contributed by atoms with Gasteiger partial charge in [0, 0.05) is 18.4 Å². The number of aryl methyl sites for hydroxylation is 1. The fourth-order valence-corrected chi connectivity index (χ4v) is 2.84. The van der Waals surface area contributed by atoms with Gasteiger partial charge in [-0.05, 0) is 23.5 Å². The van der Waals surface area contributed by atoms with E-state index in [9.17, 15) is 9.59 Å². The SMILES string of the molecule is CCc1ccc(C(=O)CCC(=O)NC(c2ccccc2)C(C)C)cc1. The quantitative estimate of drug-likeness (QED) is 0.708. The molecule has 1 amide bonds. The summed E-state index contributed by atoms with van der Waals surface area (Å²) in [6.45, 7) is 6.25. The molecule has 3 nitrogen and oxygen atoms in total. The third kappa shape index (κ3) is 5.56. The van der Waals surface area contributed by atoms with E-state index in [-0.39, 0.29) is 36.5 Å². The number of nitrogens with one attached hydrogen (secondary N) is 1. The molecule has 1 atom stereocenters. The highest BCUT2D eigenvalue weighted by atomic mass is 16.2. The van der Waals surface area contributed by atoms with Gasteiger partial charge < -0.3 is 5.32 Å². The van der Waals surface area contributed by atoms with E-state index in [0.717, 1.165) is 12.0 Å². The second-order valence-corrected chi connectivity index (χ2v) is 6.67. The van der Waals surface area contributed by atoms with Crippen LogP contribution in [0.25, 0.3) is 0 Å². The normalized spacial score (nSPS) is 12.0. The molecule has 132 valence electrons. The molecule has 0 saturated heterocycles. The van der Waals surface area contributed by atoms with Crippen molar-refractivity contribution in [3.8, 4) is 0 Å². The van der Waals surface area contributed by atoms with Crippen molar-refractivity contribution in [3.05, 3.63) is 71.3 Å². The molecule has 0 radical (unpaired) electrons. The highest BCUT2D eigenvalue weighted by Gasteiger charge is 2.18. The van der Waals surface area contributed by atoms with Gasteiger partial charge in [0.05, 0.1) is 6.04 Å². The molecule has 1 N–H and O–H groups in total. The van der Waals surface area contributed by atoms with Gasteiger partial charge in [0.1, 0.15) is 0 Å². The van der Waals surface area contributed by atoms with Gasteiger partial charge in [0.15, 0.2) is 5.78 Å². The van der Waals surface area contributed by atoms with E-state index < -0.39 is 0 Å². The highest BCUT2D eigenvalue weighted by Crippen LogP contribution is 2.21. The standard InChI is InChI=1S/C22H27NO2/c1-4-17-10-12-18(13-11-17)20(24)14-15-21(25)23-22(16(2)3)19-8-6-5-7-9-19/h5-13,16,22H,4,14-15H2,1-3H3,(H,23,25). The zero-order chi connectivity index (χ0) is 18.2. The molecule has 2 aromatic rings. The summed E-state index contributed by atoms with van der Waals surface area (Å²) in [6.07, 6.45) is 1.40. The molecule has 2 rings (SSSR count). The van der Waals surface area contributed by atoms with Crippen LogP contribution in [0.3, 0.4) is 0 Å². The third-order valence-corrected chi connectivity index (χ3v) is 4.41. The number of rotatable bonds is 8. The molecule has 3 heteroatoms. The fourth-order valence-electron chi connectivity index (χ4n) is 2.84. The second-order valence-electron chi connectivity index (χ2n) is 6.67. The number of amides is 1. The Kier molecular flexibility index (Phi) is 6.93. The minimum Gasteiger partial charge on any atom is -0.349 e. The van der Waals surface area contributed by atoms with Gasteiger partial charge in [-0.1, -0.05) is 75.4 Å². The van der Waals surface area contributed by atoms with E-state index in [1.54, 1.807) is 0 Å². The summed E-state index contributed by atoms with van der Waals surface area (Å²) in [6, 6.07) is 17.5. The van der Waals surface area contributed by atoms with Gasteiger partial charge in [-0.2, -0.15) is 0 Å². The Morgan fingerprint density at radius 1 is 0.920 bits per heavy atom. The monoisotopic (exact) mass is 337 g/mol. The summed E-state index contributed by atoms with van der Waals surface area (Å²) in [7, 11) is 0. The maximum absolute atomic E-state index is 12.3. The molecule has 0 saturated carbocycles. The smallest absolute Gasteiger partial charge is 0.220 e. The number of benzene rings is 2.